The number of carbonyl (C=O) groups is 2. The van der Waals surface area contributed by atoms with E-state index in [-0.39, 0.29) is 48.2 Å². The van der Waals surface area contributed by atoms with Crippen LogP contribution in [0.15, 0.2) is 35.1 Å². The van der Waals surface area contributed by atoms with Crippen LogP contribution in [0.5, 0.6) is 5.88 Å². The van der Waals surface area contributed by atoms with E-state index in [1.54, 1.807) is 12.1 Å². The first-order valence-electron chi connectivity index (χ1n) is 13.4. The van der Waals surface area contributed by atoms with Gasteiger partial charge in [-0.05, 0) is 32.9 Å². The maximum atomic E-state index is 13.2. The Morgan fingerprint density at radius 3 is 2.54 bits per heavy atom. The van der Waals surface area contributed by atoms with Crippen LogP contribution in [0.1, 0.15) is 32.4 Å². The van der Waals surface area contributed by atoms with Crippen LogP contribution in [0.3, 0.4) is 0 Å². The third-order valence-corrected chi connectivity index (χ3v) is 7.59. The molecular weight excluding hydrogens is 650 g/mol. The van der Waals surface area contributed by atoms with E-state index in [0.29, 0.717) is 17.3 Å². The minimum absolute atomic E-state index is 0.0206. The number of aryl methyl sites for hydroxylation is 2. The molecule has 1 amide bonds. The average Bonchev–Trinajstić information content (AvgIpc) is 3.60. The van der Waals surface area contributed by atoms with Gasteiger partial charge in [0.2, 0.25) is 22.5 Å². The summed E-state index contributed by atoms with van der Waals surface area (Å²) in [6.45, 7) is 4.24. The van der Waals surface area contributed by atoms with Crippen LogP contribution in [0.2, 0.25) is 0 Å². The lowest BCUT2D eigenvalue weighted by Crippen LogP contribution is -2.68. The zero-order valence-corrected chi connectivity index (χ0v) is 26.5. The monoisotopic (exact) mass is 681 g/mol. The highest BCUT2D eigenvalue weighted by Gasteiger charge is 2.57. The van der Waals surface area contributed by atoms with Gasteiger partial charge in [0.05, 0.1) is 29.8 Å². The summed E-state index contributed by atoms with van der Waals surface area (Å²) in [5.41, 5.74) is 11.6. The molecule has 0 unspecified atom stereocenters. The van der Waals surface area contributed by atoms with Crippen LogP contribution in [0, 0.1) is 5.92 Å². The highest BCUT2D eigenvalue weighted by Crippen LogP contribution is 2.40. The summed E-state index contributed by atoms with van der Waals surface area (Å²) in [5.74, 6) is -2.19. The van der Waals surface area contributed by atoms with Gasteiger partial charge in [0.25, 0.3) is 5.91 Å². The van der Waals surface area contributed by atoms with Gasteiger partial charge in [-0.25, -0.2) is 13.4 Å². The highest BCUT2D eigenvalue weighted by atomic mass is 32.3. The number of thiazole rings is 1. The quantitative estimate of drug-likeness (QED) is 0.0369. The minimum atomic E-state index is -5.17. The van der Waals surface area contributed by atoms with E-state index in [2.05, 4.69) is 24.6 Å². The number of anilines is 1. The van der Waals surface area contributed by atoms with Gasteiger partial charge in [0.1, 0.15) is 18.0 Å². The number of hydrogen-bond acceptors (Lipinski definition) is 17. The number of nitrogens with two attached hydrogens (primary N) is 2. The molecule has 1 aliphatic heterocycles. The van der Waals surface area contributed by atoms with Crippen molar-refractivity contribution >= 4 is 50.4 Å². The molecule has 19 nitrogen and oxygen atoms in total. The Hall–Kier alpha value is -4.66. The van der Waals surface area contributed by atoms with Crippen LogP contribution in [-0.4, -0.2) is 86.7 Å². The second-order valence-corrected chi connectivity index (χ2v) is 11.9. The van der Waals surface area contributed by atoms with Gasteiger partial charge >= 0.3 is 6.15 Å². The molecule has 1 saturated heterocycles. The fourth-order valence-electron chi connectivity index (χ4n) is 4.30. The van der Waals surface area contributed by atoms with Crippen molar-refractivity contribution in [1.82, 2.24) is 24.9 Å². The Balaban J connectivity index is 0.00000185. The maximum Gasteiger partial charge on any atom is 0.373 e. The fourth-order valence-corrected chi connectivity index (χ4v) is 5.29. The van der Waals surface area contributed by atoms with Crippen molar-refractivity contribution in [3.63, 3.8) is 0 Å². The lowest BCUT2D eigenvalue weighted by Gasteiger charge is -2.51. The number of aromatic nitrogens is 5. The van der Waals surface area contributed by atoms with Gasteiger partial charge < -0.3 is 25.6 Å². The number of ether oxygens (including phenoxy) is 1. The second kappa shape index (κ2) is 15.6. The van der Waals surface area contributed by atoms with Crippen molar-refractivity contribution in [2.45, 2.75) is 38.8 Å². The minimum Gasteiger partial charge on any atom is -0.724 e. The van der Waals surface area contributed by atoms with Gasteiger partial charge in [-0.15, -0.1) is 26.2 Å². The summed E-state index contributed by atoms with van der Waals surface area (Å²) < 4.78 is 46.6. The van der Waals surface area contributed by atoms with E-state index < -0.39 is 33.5 Å². The third-order valence-electron chi connectivity index (χ3n) is 6.59. The number of nitrogen functional groups attached to an aromatic ring is 1. The number of ketones is 1. The lowest BCUT2D eigenvalue weighted by molar-refractivity contribution is -0.753. The van der Waals surface area contributed by atoms with Gasteiger partial charge in [0.15, 0.2) is 30.3 Å². The Morgan fingerprint density at radius 2 is 1.98 bits per heavy atom. The third kappa shape index (κ3) is 9.19. The number of oxime groups is 1. The molecule has 0 saturated carbocycles. The second-order valence-electron chi connectivity index (χ2n) is 10.1. The molecule has 21 heteroatoms. The summed E-state index contributed by atoms with van der Waals surface area (Å²) in [5, 5.41) is 14.3. The summed E-state index contributed by atoms with van der Waals surface area (Å²) in [4.78, 5) is 51.2. The van der Waals surface area contributed by atoms with Crippen molar-refractivity contribution in [1.29, 1.82) is 0 Å². The first kappa shape index (κ1) is 35.8. The predicted octanol–water partition coefficient (Wildman–Crippen LogP) is -1.04. The molecule has 0 radical (unpaired) electrons. The summed E-state index contributed by atoms with van der Waals surface area (Å²) in [7, 11) is -3.25. The average molecular weight is 682 g/mol. The van der Waals surface area contributed by atoms with Crippen LogP contribution < -0.4 is 20.9 Å². The fraction of sp³-hybridized carbons (Fsp3) is 0.440. The number of rotatable bonds is 15. The smallest absolute Gasteiger partial charge is 0.373 e. The largest absolute Gasteiger partial charge is 0.724 e. The number of β-lactam (4-membered cyclic amide) rings is 1. The van der Waals surface area contributed by atoms with Crippen LogP contribution >= 0.6 is 11.3 Å². The van der Waals surface area contributed by atoms with Crippen LogP contribution in [-0.2, 0) is 52.3 Å². The standard InChI is InChI=1S/C24H31N9O8S2.CO2/c1-24(2)16(22(35)33(24)41-43(36,37)38)11-19(34)21(18-14-42-23(26)27-18)30-40-10-9-39-20-6-5-17(28-29-20)15-12-31(3)32(13-15)8-4-7-25;2-1-3/h5-6,12-14,16H,4,7-11,25H2,1-3H3,(H2-,26,27,36,37,38);/b30-21-;/t16-;/m1./s1. The Morgan fingerprint density at radius 1 is 1.26 bits per heavy atom. The molecule has 3 aromatic rings. The van der Waals surface area contributed by atoms with Crippen molar-refractivity contribution in [3.05, 3.63) is 35.6 Å². The Bertz CT molecular complexity index is 1700. The topological polar surface area (TPSA) is 268 Å². The molecule has 1 aliphatic rings. The number of nitrogens with zero attached hydrogens (tertiary/aromatic N) is 7. The van der Waals surface area contributed by atoms with Crippen molar-refractivity contribution in [2.75, 3.05) is 25.5 Å². The molecular formula is C25H31N9O10S2. The van der Waals surface area contributed by atoms with E-state index >= 15 is 0 Å². The van der Waals surface area contributed by atoms with Gasteiger partial charge in [-0.3, -0.25) is 9.59 Å². The number of Topliss-reactive ketones (excluding diaryl/α,β-unsaturated/α-hetero) is 1. The van der Waals surface area contributed by atoms with E-state index in [1.807, 2.05) is 28.8 Å². The van der Waals surface area contributed by atoms with Crippen molar-refractivity contribution in [3.8, 4) is 17.1 Å². The van der Waals surface area contributed by atoms with E-state index in [9.17, 15) is 22.6 Å². The first-order chi connectivity index (χ1) is 21.7. The van der Waals surface area contributed by atoms with Gasteiger partial charge in [0, 0.05) is 17.9 Å². The molecule has 1 fully saturated rings. The molecule has 248 valence electrons. The molecule has 4 heterocycles. The molecule has 4 N–H and O–H groups in total. The summed E-state index contributed by atoms with van der Waals surface area (Å²) in [6, 6.07) is 3.44. The van der Waals surface area contributed by atoms with Gasteiger partial charge in [-0.1, -0.05) is 5.16 Å². The molecule has 4 rings (SSSR count). The molecule has 0 aliphatic carbocycles. The number of amides is 1. The van der Waals surface area contributed by atoms with Crippen LogP contribution in [0.25, 0.3) is 11.3 Å². The molecule has 0 bridgehead atoms. The Kier molecular flexibility index (Phi) is 12.1. The SMILES string of the molecule is C[n+]1cc(-c2ccc(OCCO/N=C(\C(=O)C[C@@H]3C(=O)N(OS(=O)(=O)[O-])C3(C)C)c3csc(N)n3)nn2)cn1CCCN.O=C=O. The van der Waals surface area contributed by atoms with E-state index in [4.69, 9.17) is 30.6 Å². The summed E-state index contributed by atoms with van der Waals surface area (Å²) >= 11 is 1.08. The van der Waals surface area contributed by atoms with Crippen LogP contribution in [0.4, 0.5) is 5.13 Å². The van der Waals surface area contributed by atoms with E-state index in [0.717, 1.165) is 29.9 Å². The molecule has 0 aromatic carbocycles. The van der Waals surface area contributed by atoms with Crippen molar-refractivity contribution in [2.24, 2.45) is 23.9 Å². The van der Waals surface area contributed by atoms with E-state index in [1.165, 1.54) is 19.2 Å². The molecule has 0 spiro atoms. The van der Waals surface area contributed by atoms with Crippen molar-refractivity contribution < 1.29 is 50.7 Å². The van der Waals surface area contributed by atoms with Gasteiger partial charge in [-0.2, -0.15) is 23.6 Å². The molecule has 1 atom stereocenters. The number of hydroxylamine groups is 2. The lowest BCUT2D eigenvalue weighted by atomic mass is 9.74. The Labute approximate surface area is 266 Å². The summed E-state index contributed by atoms with van der Waals surface area (Å²) in [6.07, 6.45) is 4.62. The zero-order chi connectivity index (χ0) is 34.1. The zero-order valence-electron chi connectivity index (χ0n) is 24.9. The predicted molar refractivity (Wildman–Crippen MR) is 155 cm³/mol. The molecule has 3 aromatic heterocycles. The highest BCUT2D eigenvalue weighted by molar-refractivity contribution is 7.80. The first-order valence-corrected chi connectivity index (χ1v) is 15.6. The number of carbonyl (C=O) groups excluding carboxylic acids is 4. The normalized spacial score (nSPS) is 15.8. The number of hydrogen-bond donors (Lipinski definition) is 2. The maximum absolute atomic E-state index is 13.2. The molecule has 46 heavy (non-hydrogen) atoms.